The van der Waals surface area contributed by atoms with Gasteiger partial charge in [0.05, 0.1) is 5.52 Å². The van der Waals surface area contributed by atoms with Crippen molar-refractivity contribution >= 4 is 28.3 Å². The Hall–Kier alpha value is -1.39. The highest BCUT2D eigenvalue weighted by molar-refractivity contribution is 6.28. The van der Waals surface area contributed by atoms with Crippen LogP contribution in [0.3, 0.4) is 0 Å². The van der Waals surface area contributed by atoms with Gasteiger partial charge in [0, 0.05) is 32.2 Å². The minimum atomic E-state index is 0.303. The second-order valence-electron chi connectivity index (χ2n) is 5.27. The van der Waals surface area contributed by atoms with Gasteiger partial charge in [-0.3, -0.25) is 0 Å². The molecule has 1 aromatic carbocycles. The van der Waals surface area contributed by atoms with Gasteiger partial charge in [0.15, 0.2) is 0 Å². The van der Waals surface area contributed by atoms with Crippen LogP contribution in [0.25, 0.3) is 10.9 Å². The molecule has 2 heterocycles. The lowest BCUT2D eigenvalue weighted by Crippen LogP contribution is -2.30. The fourth-order valence-corrected chi connectivity index (χ4v) is 2.90. The fraction of sp³-hybridized carbons (Fsp3) is 0.467. The number of hydrogen-bond acceptors (Lipinski definition) is 4. The minimum Gasteiger partial charge on any atom is -0.381 e. The van der Waals surface area contributed by atoms with Crippen LogP contribution in [-0.2, 0) is 4.74 Å². The standard InChI is InChI=1S/C15H18ClN3O/c1-19(10-11-6-8-20-9-7-11)14-12-4-2-3-5-13(12)17-15(16)18-14/h2-5,11H,6-10H2,1H3. The molecule has 0 radical (unpaired) electrons. The van der Waals surface area contributed by atoms with Crippen LogP contribution in [0.1, 0.15) is 12.8 Å². The van der Waals surface area contributed by atoms with Crippen molar-refractivity contribution in [1.82, 2.24) is 9.97 Å². The highest BCUT2D eigenvalue weighted by Crippen LogP contribution is 2.26. The lowest BCUT2D eigenvalue weighted by molar-refractivity contribution is 0.0685. The maximum atomic E-state index is 6.04. The molecule has 0 atom stereocenters. The number of fused-ring (bicyclic) bond motifs is 1. The predicted molar refractivity (Wildman–Crippen MR) is 81.4 cm³/mol. The summed E-state index contributed by atoms with van der Waals surface area (Å²) >= 11 is 6.04. The normalized spacial score (nSPS) is 16.5. The van der Waals surface area contributed by atoms with Crippen LogP contribution in [0.4, 0.5) is 5.82 Å². The van der Waals surface area contributed by atoms with Crippen LogP contribution >= 0.6 is 11.6 Å². The number of anilines is 1. The molecule has 4 nitrogen and oxygen atoms in total. The summed E-state index contributed by atoms with van der Waals surface area (Å²) in [4.78, 5) is 10.9. The molecule has 1 aliphatic heterocycles. The van der Waals surface area contributed by atoms with Crippen molar-refractivity contribution in [2.75, 3.05) is 31.7 Å². The van der Waals surface area contributed by atoms with Gasteiger partial charge in [-0.1, -0.05) is 12.1 Å². The van der Waals surface area contributed by atoms with E-state index in [2.05, 4.69) is 21.9 Å². The Balaban J connectivity index is 1.88. The van der Waals surface area contributed by atoms with E-state index in [1.54, 1.807) is 0 Å². The average molecular weight is 292 g/mol. The van der Waals surface area contributed by atoms with Gasteiger partial charge in [0.1, 0.15) is 5.82 Å². The maximum Gasteiger partial charge on any atom is 0.224 e. The molecule has 1 aromatic heterocycles. The molecule has 3 rings (SSSR count). The third-order valence-electron chi connectivity index (χ3n) is 3.79. The van der Waals surface area contributed by atoms with Gasteiger partial charge in [-0.2, -0.15) is 4.98 Å². The number of rotatable bonds is 3. The summed E-state index contributed by atoms with van der Waals surface area (Å²) in [5.41, 5.74) is 0.890. The lowest BCUT2D eigenvalue weighted by atomic mass is 10.00. The van der Waals surface area contributed by atoms with E-state index in [4.69, 9.17) is 16.3 Å². The zero-order chi connectivity index (χ0) is 13.9. The number of benzene rings is 1. The van der Waals surface area contributed by atoms with E-state index in [1.165, 1.54) is 0 Å². The van der Waals surface area contributed by atoms with Gasteiger partial charge in [0.2, 0.25) is 5.28 Å². The molecule has 0 spiro atoms. The Kier molecular flexibility index (Phi) is 4.03. The molecule has 0 unspecified atom stereocenters. The summed E-state index contributed by atoms with van der Waals surface area (Å²) in [6.45, 7) is 2.70. The van der Waals surface area contributed by atoms with Crippen LogP contribution < -0.4 is 4.90 Å². The van der Waals surface area contributed by atoms with Crippen molar-refractivity contribution in [3.63, 3.8) is 0 Å². The fourth-order valence-electron chi connectivity index (χ4n) is 2.73. The molecule has 0 amide bonds. The first-order valence-corrected chi connectivity index (χ1v) is 7.33. The van der Waals surface area contributed by atoms with Crippen LogP contribution in [-0.4, -0.2) is 36.8 Å². The number of nitrogens with zero attached hydrogens (tertiary/aromatic N) is 3. The summed E-state index contributed by atoms with van der Waals surface area (Å²) in [5, 5.41) is 1.35. The summed E-state index contributed by atoms with van der Waals surface area (Å²) in [6, 6.07) is 7.98. The smallest absolute Gasteiger partial charge is 0.224 e. The highest BCUT2D eigenvalue weighted by Gasteiger charge is 2.18. The number of hydrogen-bond donors (Lipinski definition) is 0. The molecule has 0 saturated carbocycles. The minimum absolute atomic E-state index is 0.303. The Morgan fingerprint density at radius 1 is 1.25 bits per heavy atom. The first-order chi connectivity index (χ1) is 9.74. The van der Waals surface area contributed by atoms with Crippen LogP contribution in [0, 0.1) is 5.92 Å². The first kappa shape index (κ1) is 13.6. The number of para-hydroxylation sites is 1. The van der Waals surface area contributed by atoms with E-state index in [0.717, 1.165) is 49.3 Å². The SMILES string of the molecule is CN(CC1CCOCC1)c1nc(Cl)nc2ccccc12. The quantitative estimate of drug-likeness (QED) is 0.814. The molecular weight excluding hydrogens is 274 g/mol. The second-order valence-corrected chi connectivity index (χ2v) is 5.61. The molecule has 20 heavy (non-hydrogen) atoms. The molecule has 5 heteroatoms. The van der Waals surface area contributed by atoms with Crippen LogP contribution in [0.2, 0.25) is 5.28 Å². The number of ether oxygens (including phenoxy) is 1. The van der Waals surface area contributed by atoms with Crippen LogP contribution in [0.15, 0.2) is 24.3 Å². The van der Waals surface area contributed by atoms with Gasteiger partial charge < -0.3 is 9.64 Å². The monoisotopic (exact) mass is 291 g/mol. The largest absolute Gasteiger partial charge is 0.381 e. The molecule has 1 fully saturated rings. The zero-order valence-electron chi connectivity index (χ0n) is 11.6. The second kappa shape index (κ2) is 5.94. The zero-order valence-corrected chi connectivity index (χ0v) is 12.3. The van der Waals surface area contributed by atoms with E-state index < -0.39 is 0 Å². The van der Waals surface area contributed by atoms with E-state index in [0.29, 0.717) is 11.2 Å². The van der Waals surface area contributed by atoms with E-state index >= 15 is 0 Å². The van der Waals surface area contributed by atoms with Gasteiger partial charge in [0.25, 0.3) is 0 Å². The summed E-state index contributed by atoms with van der Waals surface area (Å²) in [7, 11) is 2.07. The molecule has 0 bridgehead atoms. The molecule has 106 valence electrons. The van der Waals surface area contributed by atoms with Crippen molar-refractivity contribution in [2.45, 2.75) is 12.8 Å². The third kappa shape index (κ3) is 2.86. The number of aromatic nitrogens is 2. The van der Waals surface area contributed by atoms with E-state index in [-0.39, 0.29) is 0 Å². The summed E-state index contributed by atoms with van der Waals surface area (Å²) in [6.07, 6.45) is 2.22. The van der Waals surface area contributed by atoms with Gasteiger partial charge in [-0.05, 0) is 42.5 Å². The summed E-state index contributed by atoms with van der Waals surface area (Å²) in [5.74, 6) is 1.56. The van der Waals surface area contributed by atoms with Gasteiger partial charge >= 0.3 is 0 Å². The molecule has 1 aliphatic rings. The predicted octanol–water partition coefficient (Wildman–Crippen LogP) is 3.15. The van der Waals surface area contributed by atoms with E-state index in [9.17, 15) is 0 Å². The summed E-state index contributed by atoms with van der Waals surface area (Å²) < 4.78 is 5.41. The molecule has 0 aliphatic carbocycles. The highest BCUT2D eigenvalue weighted by atomic mass is 35.5. The van der Waals surface area contributed by atoms with Crippen molar-refractivity contribution in [3.8, 4) is 0 Å². The van der Waals surface area contributed by atoms with Crippen molar-refractivity contribution in [1.29, 1.82) is 0 Å². The topological polar surface area (TPSA) is 38.2 Å². The third-order valence-corrected chi connectivity index (χ3v) is 3.96. The lowest BCUT2D eigenvalue weighted by Gasteiger charge is -2.28. The molecular formula is C15H18ClN3O. The van der Waals surface area contributed by atoms with Crippen molar-refractivity contribution in [2.24, 2.45) is 5.92 Å². The van der Waals surface area contributed by atoms with Crippen molar-refractivity contribution < 1.29 is 4.74 Å². The van der Waals surface area contributed by atoms with Gasteiger partial charge in [-0.15, -0.1) is 0 Å². The Morgan fingerprint density at radius 2 is 2.00 bits per heavy atom. The Bertz CT molecular complexity index is 599. The maximum absolute atomic E-state index is 6.04. The Morgan fingerprint density at radius 3 is 2.80 bits per heavy atom. The number of halogens is 1. The van der Waals surface area contributed by atoms with Crippen LogP contribution in [0.5, 0.6) is 0 Å². The average Bonchev–Trinajstić information content (AvgIpc) is 2.47. The Labute approximate surface area is 123 Å². The molecule has 2 aromatic rings. The van der Waals surface area contributed by atoms with Crippen molar-refractivity contribution in [3.05, 3.63) is 29.5 Å². The molecule has 1 saturated heterocycles. The molecule has 0 N–H and O–H groups in total. The van der Waals surface area contributed by atoms with E-state index in [1.807, 2.05) is 24.3 Å². The first-order valence-electron chi connectivity index (χ1n) is 6.95. The van der Waals surface area contributed by atoms with Gasteiger partial charge in [-0.25, -0.2) is 4.98 Å².